The second-order valence-electron chi connectivity index (χ2n) is 5.40. The third-order valence-electron chi connectivity index (χ3n) is 3.94. The lowest BCUT2D eigenvalue weighted by Crippen LogP contribution is -2.23. The van der Waals surface area contributed by atoms with Crippen molar-refractivity contribution in [3.8, 4) is 5.75 Å². The molecule has 1 heterocycles. The molecule has 2 aromatic rings. The Morgan fingerprint density at radius 1 is 1.38 bits per heavy atom. The zero-order valence-corrected chi connectivity index (χ0v) is 13.2. The highest BCUT2D eigenvalue weighted by atomic mass is 19.1. The lowest BCUT2D eigenvalue weighted by atomic mass is 10.0. The Morgan fingerprint density at radius 3 is 2.62 bits per heavy atom. The lowest BCUT2D eigenvalue weighted by Gasteiger charge is -2.25. The molecule has 0 aliphatic rings. The summed E-state index contributed by atoms with van der Waals surface area (Å²) in [6.07, 6.45) is 0. The van der Waals surface area contributed by atoms with E-state index in [1.807, 2.05) is 20.9 Å². The van der Waals surface area contributed by atoms with E-state index in [2.05, 4.69) is 22.0 Å². The second kappa shape index (κ2) is 6.26. The number of hydrogen-bond donors (Lipinski definition) is 1. The molecule has 0 aliphatic carbocycles. The minimum absolute atomic E-state index is 0.158. The molecule has 1 atom stereocenters. The maximum Gasteiger partial charge on any atom is 0.131 e. The smallest absolute Gasteiger partial charge is 0.131 e. The molecule has 2 rings (SSSR count). The number of H-pyrrole nitrogens is 1. The molecule has 114 valence electrons. The number of hydrogen-bond acceptors (Lipinski definition) is 3. The minimum Gasteiger partial charge on any atom is -0.497 e. The molecule has 0 bridgehead atoms. The van der Waals surface area contributed by atoms with Gasteiger partial charge >= 0.3 is 0 Å². The number of methoxy groups -OCH3 is 1. The number of aromatic amines is 1. The number of aromatic nitrogens is 2. The van der Waals surface area contributed by atoms with Crippen LogP contribution in [0.5, 0.6) is 5.75 Å². The van der Waals surface area contributed by atoms with Crippen LogP contribution in [0.3, 0.4) is 0 Å². The summed E-state index contributed by atoms with van der Waals surface area (Å²) in [4.78, 5) is 2.11. The van der Waals surface area contributed by atoms with Gasteiger partial charge in [0.25, 0.3) is 0 Å². The highest BCUT2D eigenvalue weighted by molar-refractivity contribution is 5.30. The van der Waals surface area contributed by atoms with Crippen molar-refractivity contribution in [2.24, 2.45) is 0 Å². The summed E-state index contributed by atoms with van der Waals surface area (Å²) < 4.78 is 19.1. The van der Waals surface area contributed by atoms with Crippen molar-refractivity contribution < 1.29 is 9.13 Å². The molecule has 0 spiro atoms. The van der Waals surface area contributed by atoms with Crippen LogP contribution in [0.2, 0.25) is 0 Å². The molecule has 1 aromatic heterocycles. The highest BCUT2D eigenvalue weighted by Gasteiger charge is 2.19. The van der Waals surface area contributed by atoms with E-state index in [1.165, 1.54) is 18.7 Å². The maximum atomic E-state index is 14.0. The van der Waals surface area contributed by atoms with Crippen molar-refractivity contribution >= 4 is 0 Å². The average molecular weight is 291 g/mol. The number of nitrogens with one attached hydrogen (secondary N) is 1. The Morgan fingerprint density at radius 2 is 2.10 bits per heavy atom. The van der Waals surface area contributed by atoms with Crippen LogP contribution in [0.4, 0.5) is 4.39 Å². The summed E-state index contributed by atoms with van der Waals surface area (Å²) in [7, 11) is 3.52. The summed E-state index contributed by atoms with van der Waals surface area (Å²) in [6, 6.07) is 5.13. The van der Waals surface area contributed by atoms with Crippen LogP contribution in [0.25, 0.3) is 0 Å². The van der Waals surface area contributed by atoms with E-state index in [9.17, 15) is 4.39 Å². The molecule has 0 aliphatic heterocycles. The molecular weight excluding hydrogens is 269 g/mol. The SMILES string of the molecule is COc1ccc(CN(C)[C@@H](C)c2c(C)n[nH]c2C)c(F)c1. The zero-order chi connectivity index (χ0) is 15.6. The molecule has 0 amide bonds. The average Bonchev–Trinajstić information content (AvgIpc) is 2.79. The summed E-state index contributed by atoms with van der Waals surface area (Å²) in [5.41, 5.74) is 3.87. The van der Waals surface area contributed by atoms with Crippen molar-refractivity contribution in [2.45, 2.75) is 33.4 Å². The fourth-order valence-electron chi connectivity index (χ4n) is 2.58. The zero-order valence-electron chi connectivity index (χ0n) is 13.2. The monoisotopic (exact) mass is 291 g/mol. The first-order chi connectivity index (χ1) is 9.93. The first-order valence-electron chi connectivity index (χ1n) is 6.98. The predicted octanol–water partition coefficient (Wildman–Crippen LogP) is 3.37. The second-order valence-corrected chi connectivity index (χ2v) is 5.40. The van der Waals surface area contributed by atoms with Gasteiger partial charge in [-0.3, -0.25) is 10.00 Å². The molecule has 0 saturated carbocycles. The predicted molar refractivity (Wildman–Crippen MR) is 80.9 cm³/mol. The Kier molecular flexibility index (Phi) is 4.63. The number of halogens is 1. The van der Waals surface area contributed by atoms with Crippen molar-refractivity contribution in [3.63, 3.8) is 0 Å². The molecule has 5 heteroatoms. The van der Waals surface area contributed by atoms with Gasteiger partial charge < -0.3 is 4.74 Å². The van der Waals surface area contributed by atoms with Crippen molar-refractivity contribution in [3.05, 3.63) is 46.5 Å². The molecule has 0 unspecified atom stereocenters. The van der Waals surface area contributed by atoms with Gasteiger partial charge in [-0.1, -0.05) is 6.07 Å². The number of nitrogens with zero attached hydrogens (tertiary/aromatic N) is 2. The maximum absolute atomic E-state index is 14.0. The fourth-order valence-corrected chi connectivity index (χ4v) is 2.58. The first-order valence-corrected chi connectivity index (χ1v) is 6.98. The van der Waals surface area contributed by atoms with Crippen LogP contribution in [0.15, 0.2) is 18.2 Å². The lowest BCUT2D eigenvalue weighted by molar-refractivity contribution is 0.248. The Bertz CT molecular complexity index is 604. The quantitative estimate of drug-likeness (QED) is 0.918. The third-order valence-corrected chi connectivity index (χ3v) is 3.94. The van der Waals surface area contributed by atoms with Gasteiger partial charge in [-0.05, 0) is 33.9 Å². The van der Waals surface area contributed by atoms with Gasteiger partial charge in [0.15, 0.2) is 0 Å². The van der Waals surface area contributed by atoms with Gasteiger partial charge in [0.05, 0.1) is 12.8 Å². The molecule has 4 nitrogen and oxygen atoms in total. The fraction of sp³-hybridized carbons (Fsp3) is 0.438. The van der Waals surface area contributed by atoms with Crippen LogP contribution < -0.4 is 4.74 Å². The van der Waals surface area contributed by atoms with E-state index in [0.29, 0.717) is 17.9 Å². The van der Waals surface area contributed by atoms with Crippen LogP contribution in [0, 0.1) is 19.7 Å². The molecule has 1 N–H and O–H groups in total. The van der Waals surface area contributed by atoms with Crippen LogP contribution in [-0.4, -0.2) is 29.3 Å². The van der Waals surface area contributed by atoms with Crippen molar-refractivity contribution in [2.75, 3.05) is 14.2 Å². The van der Waals surface area contributed by atoms with Crippen molar-refractivity contribution in [1.82, 2.24) is 15.1 Å². The van der Waals surface area contributed by atoms with Crippen molar-refractivity contribution in [1.29, 1.82) is 0 Å². The molecule has 0 radical (unpaired) electrons. The van der Waals surface area contributed by atoms with E-state index in [-0.39, 0.29) is 11.9 Å². The molecule has 21 heavy (non-hydrogen) atoms. The number of rotatable bonds is 5. The Hall–Kier alpha value is -1.88. The van der Waals surface area contributed by atoms with Gasteiger partial charge in [0, 0.05) is 35.5 Å². The summed E-state index contributed by atoms with van der Waals surface area (Å²) in [5, 5.41) is 7.22. The van der Waals surface area contributed by atoms with Gasteiger partial charge in [-0.25, -0.2) is 4.39 Å². The van der Waals surface area contributed by atoms with Gasteiger partial charge in [0.1, 0.15) is 11.6 Å². The number of aryl methyl sites for hydroxylation is 2. The number of ether oxygens (including phenoxy) is 1. The van der Waals surface area contributed by atoms with Crippen LogP contribution in [-0.2, 0) is 6.54 Å². The normalized spacial score (nSPS) is 12.7. The van der Waals surface area contributed by atoms with E-state index in [4.69, 9.17) is 4.74 Å². The van der Waals surface area contributed by atoms with Gasteiger partial charge in [0.2, 0.25) is 0 Å². The van der Waals surface area contributed by atoms with E-state index in [1.54, 1.807) is 12.1 Å². The van der Waals surface area contributed by atoms with E-state index < -0.39 is 0 Å². The highest BCUT2D eigenvalue weighted by Crippen LogP contribution is 2.26. The Balaban J connectivity index is 2.16. The van der Waals surface area contributed by atoms with Gasteiger partial charge in [-0.2, -0.15) is 5.10 Å². The summed E-state index contributed by atoms with van der Waals surface area (Å²) in [5.74, 6) is 0.294. The minimum atomic E-state index is -0.242. The summed E-state index contributed by atoms with van der Waals surface area (Å²) in [6.45, 7) is 6.62. The topological polar surface area (TPSA) is 41.1 Å². The number of benzene rings is 1. The molecule has 0 fully saturated rings. The van der Waals surface area contributed by atoms with Gasteiger partial charge in [-0.15, -0.1) is 0 Å². The largest absolute Gasteiger partial charge is 0.497 e. The standard InChI is InChI=1S/C16H22FN3O/c1-10-16(11(2)19-18-10)12(3)20(4)9-13-6-7-14(21-5)8-15(13)17/h6-8,12H,9H2,1-5H3,(H,18,19)/t12-/m0/s1. The van der Waals surface area contributed by atoms with Crippen LogP contribution >= 0.6 is 0 Å². The van der Waals surface area contributed by atoms with E-state index in [0.717, 1.165) is 11.4 Å². The molecule has 1 aromatic carbocycles. The molecular formula is C16H22FN3O. The van der Waals surface area contributed by atoms with Crippen LogP contribution in [0.1, 0.15) is 35.5 Å². The summed E-state index contributed by atoms with van der Waals surface area (Å²) >= 11 is 0. The Labute approximate surface area is 124 Å². The first kappa shape index (κ1) is 15.5. The third kappa shape index (κ3) is 3.24. The van der Waals surface area contributed by atoms with E-state index >= 15 is 0 Å². The molecule has 0 saturated heterocycles.